The maximum Gasteiger partial charge on any atom is 0.165 e. The maximum atomic E-state index is 5.82. The quantitative estimate of drug-likeness (QED) is 0.934. The number of rotatable bonds is 4. The van der Waals surface area contributed by atoms with Gasteiger partial charge in [-0.1, -0.05) is 12.1 Å². The first-order chi connectivity index (χ1) is 9.83. The number of hydrogen-bond donors (Lipinski definition) is 1. The summed E-state index contributed by atoms with van der Waals surface area (Å²) in [6.07, 6.45) is 0.940. The molecule has 0 atom stereocenters. The first-order valence-corrected chi connectivity index (χ1v) is 7.78. The Kier molecular flexibility index (Phi) is 4.23. The van der Waals surface area contributed by atoms with Gasteiger partial charge in [0, 0.05) is 34.8 Å². The highest BCUT2D eigenvalue weighted by atomic mass is 32.1. The summed E-state index contributed by atoms with van der Waals surface area (Å²) in [5.74, 6) is 1.77. The summed E-state index contributed by atoms with van der Waals surface area (Å²) in [5, 5.41) is 3.48. The molecule has 20 heavy (non-hydrogen) atoms. The van der Waals surface area contributed by atoms with E-state index in [0.717, 1.165) is 49.8 Å². The monoisotopic (exact) mass is 289 g/mol. The van der Waals surface area contributed by atoms with Crippen LogP contribution in [0.4, 0.5) is 0 Å². The minimum atomic E-state index is 0.730. The number of ether oxygens (including phenoxy) is 2. The van der Waals surface area contributed by atoms with Crippen LogP contribution in [0.3, 0.4) is 0 Å². The Balaban J connectivity index is 1.65. The Bertz CT molecular complexity index is 580. The predicted molar refractivity (Wildman–Crippen MR) is 81.6 cm³/mol. The standard InChI is InChI=1S/C16H19NO2S/c1-12-6-7-14(20-12)11-17-10-13-4-2-5-15-16(13)19-9-3-8-18-15/h2,4-7,17H,3,8-11H2,1H3. The summed E-state index contributed by atoms with van der Waals surface area (Å²) in [6.45, 7) is 5.29. The molecule has 1 aliphatic rings. The lowest BCUT2D eigenvalue weighted by Crippen LogP contribution is -2.13. The van der Waals surface area contributed by atoms with E-state index in [1.807, 2.05) is 23.5 Å². The van der Waals surface area contributed by atoms with E-state index in [9.17, 15) is 0 Å². The van der Waals surface area contributed by atoms with E-state index in [1.54, 1.807) is 0 Å². The van der Waals surface area contributed by atoms with Crippen LogP contribution < -0.4 is 14.8 Å². The summed E-state index contributed by atoms with van der Waals surface area (Å²) in [7, 11) is 0. The second-order valence-electron chi connectivity index (χ2n) is 4.91. The fraction of sp³-hybridized carbons (Fsp3) is 0.375. The first kappa shape index (κ1) is 13.5. The average molecular weight is 289 g/mol. The Morgan fingerprint density at radius 2 is 2.00 bits per heavy atom. The number of hydrogen-bond acceptors (Lipinski definition) is 4. The zero-order valence-electron chi connectivity index (χ0n) is 11.6. The Hall–Kier alpha value is -1.52. The van der Waals surface area contributed by atoms with Crippen LogP contribution >= 0.6 is 11.3 Å². The number of para-hydroxylation sites is 1. The SMILES string of the molecule is Cc1ccc(CNCc2cccc3c2OCCCO3)s1. The van der Waals surface area contributed by atoms with Crippen LogP contribution in [0, 0.1) is 6.92 Å². The van der Waals surface area contributed by atoms with Gasteiger partial charge in [-0.3, -0.25) is 0 Å². The molecular formula is C16H19NO2S. The molecule has 3 rings (SSSR count). The van der Waals surface area contributed by atoms with Crippen LogP contribution in [-0.2, 0) is 13.1 Å². The van der Waals surface area contributed by atoms with Crippen molar-refractivity contribution in [3.8, 4) is 11.5 Å². The number of nitrogens with one attached hydrogen (secondary N) is 1. The molecule has 1 aliphatic heterocycles. The molecule has 2 heterocycles. The van der Waals surface area contributed by atoms with Crippen molar-refractivity contribution in [3.63, 3.8) is 0 Å². The molecule has 2 aromatic rings. The third-order valence-corrected chi connectivity index (χ3v) is 4.26. The zero-order valence-corrected chi connectivity index (χ0v) is 12.5. The van der Waals surface area contributed by atoms with Crippen molar-refractivity contribution in [2.75, 3.05) is 13.2 Å². The summed E-state index contributed by atoms with van der Waals surface area (Å²) >= 11 is 1.84. The van der Waals surface area contributed by atoms with E-state index in [1.165, 1.54) is 9.75 Å². The van der Waals surface area contributed by atoms with Crippen molar-refractivity contribution in [1.29, 1.82) is 0 Å². The van der Waals surface area contributed by atoms with E-state index >= 15 is 0 Å². The Morgan fingerprint density at radius 1 is 1.10 bits per heavy atom. The van der Waals surface area contributed by atoms with E-state index in [4.69, 9.17) is 9.47 Å². The second-order valence-corrected chi connectivity index (χ2v) is 6.28. The van der Waals surface area contributed by atoms with Crippen molar-refractivity contribution in [2.45, 2.75) is 26.4 Å². The lowest BCUT2D eigenvalue weighted by molar-refractivity contribution is 0.296. The normalized spacial score (nSPS) is 14.1. The van der Waals surface area contributed by atoms with Crippen LogP contribution in [-0.4, -0.2) is 13.2 Å². The van der Waals surface area contributed by atoms with Gasteiger partial charge >= 0.3 is 0 Å². The molecule has 0 amide bonds. The number of fused-ring (bicyclic) bond motifs is 1. The van der Waals surface area contributed by atoms with Crippen LogP contribution in [0.15, 0.2) is 30.3 Å². The van der Waals surface area contributed by atoms with Crippen molar-refractivity contribution in [1.82, 2.24) is 5.32 Å². The molecule has 1 aromatic heterocycles. The van der Waals surface area contributed by atoms with E-state index in [0.29, 0.717) is 0 Å². The number of aryl methyl sites for hydroxylation is 1. The molecule has 1 N–H and O–H groups in total. The molecule has 4 heteroatoms. The highest BCUT2D eigenvalue weighted by Crippen LogP contribution is 2.33. The number of benzene rings is 1. The fourth-order valence-electron chi connectivity index (χ4n) is 2.29. The van der Waals surface area contributed by atoms with Crippen LogP contribution in [0.2, 0.25) is 0 Å². The summed E-state index contributed by atoms with van der Waals surface area (Å²) in [5.41, 5.74) is 1.16. The van der Waals surface area contributed by atoms with Gasteiger partial charge in [0.1, 0.15) is 0 Å². The van der Waals surface area contributed by atoms with Gasteiger partial charge in [-0.15, -0.1) is 11.3 Å². The van der Waals surface area contributed by atoms with Crippen LogP contribution in [0.1, 0.15) is 21.7 Å². The maximum absolute atomic E-state index is 5.82. The first-order valence-electron chi connectivity index (χ1n) is 6.96. The Labute approximate surface area is 123 Å². The molecule has 0 spiro atoms. The molecule has 0 saturated heterocycles. The molecule has 0 bridgehead atoms. The molecule has 106 valence electrons. The van der Waals surface area contributed by atoms with Gasteiger partial charge < -0.3 is 14.8 Å². The smallest absolute Gasteiger partial charge is 0.165 e. The molecule has 0 saturated carbocycles. The molecule has 0 fully saturated rings. The van der Waals surface area contributed by atoms with Gasteiger partial charge in [-0.2, -0.15) is 0 Å². The third-order valence-electron chi connectivity index (χ3n) is 3.26. The van der Waals surface area contributed by atoms with Gasteiger partial charge in [0.25, 0.3) is 0 Å². The summed E-state index contributed by atoms with van der Waals surface area (Å²) in [4.78, 5) is 2.72. The lowest BCUT2D eigenvalue weighted by atomic mass is 10.2. The molecule has 0 unspecified atom stereocenters. The van der Waals surface area contributed by atoms with Gasteiger partial charge in [0.2, 0.25) is 0 Å². The minimum Gasteiger partial charge on any atom is -0.490 e. The van der Waals surface area contributed by atoms with Gasteiger partial charge in [-0.25, -0.2) is 0 Å². The second kappa shape index (κ2) is 6.29. The van der Waals surface area contributed by atoms with Crippen molar-refractivity contribution < 1.29 is 9.47 Å². The zero-order chi connectivity index (χ0) is 13.8. The van der Waals surface area contributed by atoms with E-state index in [2.05, 4.69) is 30.4 Å². The average Bonchev–Trinajstić information content (AvgIpc) is 2.73. The summed E-state index contributed by atoms with van der Waals surface area (Å²) < 4.78 is 11.5. The molecular weight excluding hydrogens is 270 g/mol. The highest BCUT2D eigenvalue weighted by molar-refractivity contribution is 7.11. The topological polar surface area (TPSA) is 30.5 Å². The molecule has 0 aliphatic carbocycles. The van der Waals surface area contributed by atoms with Crippen LogP contribution in [0.25, 0.3) is 0 Å². The van der Waals surface area contributed by atoms with Crippen molar-refractivity contribution in [3.05, 3.63) is 45.6 Å². The Morgan fingerprint density at radius 3 is 2.85 bits per heavy atom. The minimum absolute atomic E-state index is 0.730. The summed E-state index contributed by atoms with van der Waals surface area (Å²) in [6, 6.07) is 10.4. The van der Waals surface area contributed by atoms with Gasteiger partial charge in [0.15, 0.2) is 11.5 Å². The van der Waals surface area contributed by atoms with E-state index < -0.39 is 0 Å². The highest BCUT2D eigenvalue weighted by Gasteiger charge is 2.13. The molecule has 3 nitrogen and oxygen atoms in total. The van der Waals surface area contributed by atoms with Gasteiger partial charge in [0.05, 0.1) is 13.2 Å². The fourth-order valence-corrected chi connectivity index (χ4v) is 3.15. The van der Waals surface area contributed by atoms with Crippen molar-refractivity contribution >= 4 is 11.3 Å². The van der Waals surface area contributed by atoms with Crippen molar-refractivity contribution in [2.24, 2.45) is 0 Å². The van der Waals surface area contributed by atoms with Crippen LogP contribution in [0.5, 0.6) is 11.5 Å². The van der Waals surface area contributed by atoms with E-state index in [-0.39, 0.29) is 0 Å². The number of thiophene rings is 1. The molecule has 1 aromatic carbocycles. The third kappa shape index (κ3) is 3.14. The lowest BCUT2D eigenvalue weighted by Gasteiger charge is -2.12. The largest absolute Gasteiger partial charge is 0.490 e. The van der Waals surface area contributed by atoms with Gasteiger partial charge in [-0.05, 0) is 25.1 Å². The predicted octanol–water partition coefficient (Wildman–Crippen LogP) is 3.51. The molecule has 0 radical (unpaired) electrons.